The topological polar surface area (TPSA) is 56.7 Å². The van der Waals surface area contributed by atoms with Gasteiger partial charge in [0, 0.05) is 18.5 Å². The Kier molecular flexibility index (Phi) is 5.04. The molecule has 1 atom stereocenters. The SMILES string of the molecule is CCCN1CC2(CCN(Cc3csc(C)n3)CC2)CC1C(=O)O. The van der Waals surface area contributed by atoms with E-state index in [0.717, 1.165) is 63.4 Å². The van der Waals surface area contributed by atoms with Gasteiger partial charge in [0.15, 0.2) is 0 Å². The smallest absolute Gasteiger partial charge is 0.320 e. The van der Waals surface area contributed by atoms with Gasteiger partial charge in [-0.05, 0) is 57.7 Å². The number of likely N-dealkylation sites (tertiary alicyclic amines) is 2. The van der Waals surface area contributed by atoms with Crippen LogP contribution in [0.25, 0.3) is 0 Å². The Hall–Kier alpha value is -0.980. The molecule has 128 valence electrons. The number of carboxylic acid groups (broad SMARTS) is 1. The largest absolute Gasteiger partial charge is 0.480 e. The van der Waals surface area contributed by atoms with Gasteiger partial charge in [0.05, 0.1) is 10.7 Å². The second kappa shape index (κ2) is 6.87. The molecule has 2 aliphatic rings. The molecule has 5 nitrogen and oxygen atoms in total. The monoisotopic (exact) mass is 337 g/mol. The van der Waals surface area contributed by atoms with Crippen molar-refractivity contribution in [2.24, 2.45) is 5.41 Å². The maximum absolute atomic E-state index is 11.6. The molecule has 0 saturated carbocycles. The van der Waals surface area contributed by atoms with Gasteiger partial charge in [0.25, 0.3) is 0 Å². The van der Waals surface area contributed by atoms with E-state index < -0.39 is 5.97 Å². The molecule has 1 aromatic rings. The number of aromatic nitrogens is 1. The highest BCUT2D eigenvalue weighted by atomic mass is 32.1. The minimum atomic E-state index is -0.643. The van der Waals surface area contributed by atoms with Crippen LogP contribution in [0.5, 0.6) is 0 Å². The molecule has 0 aromatic carbocycles. The quantitative estimate of drug-likeness (QED) is 0.895. The van der Waals surface area contributed by atoms with Gasteiger partial charge in [-0.15, -0.1) is 11.3 Å². The maximum Gasteiger partial charge on any atom is 0.320 e. The maximum atomic E-state index is 11.6. The van der Waals surface area contributed by atoms with Gasteiger partial charge in [-0.2, -0.15) is 0 Å². The normalized spacial score (nSPS) is 25.2. The Bertz CT molecular complexity index is 552. The Morgan fingerprint density at radius 3 is 2.78 bits per heavy atom. The van der Waals surface area contributed by atoms with Gasteiger partial charge in [-0.25, -0.2) is 4.98 Å². The van der Waals surface area contributed by atoms with Crippen LogP contribution in [0.1, 0.15) is 43.3 Å². The van der Waals surface area contributed by atoms with E-state index in [-0.39, 0.29) is 11.5 Å². The number of hydrogen-bond acceptors (Lipinski definition) is 5. The molecule has 2 aliphatic heterocycles. The summed E-state index contributed by atoms with van der Waals surface area (Å²) in [5.74, 6) is -0.643. The molecule has 3 rings (SSSR count). The minimum absolute atomic E-state index is 0.215. The van der Waals surface area contributed by atoms with Crippen LogP contribution in [0.3, 0.4) is 0 Å². The highest BCUT2D eigenvalue weighted by Crippen LogP contribution is 2.43. The molecule has 23 heavy (non-hydrogen) atoms. The number of piperidine rings is 1. The van der Waals surface area contributed by atoms with Gasteiger partial charge < -0.3 is 5.11 Å². The van der Waals surface area contributed by atoms with E-state index in [1.165, 1.54) is 5.69 Å². The molecular weight excluding hydrogens is 310 g/mol. The fraction of sp³-hybridized carbons (Fsp3) is 0.765. The molecular formula is C17H27N3O2S. The minimum Gasteiger partial charge on any atom is -0.480 e. The summed E-state index contributed by atoms with van der Waals surface area (Å²) in [5.41, 5.74) is 1.39. The summed E-state index contributed by atoms with van der Waals surface area (Å²) in [6.07, 6.45) is 4.07. The highest BCUT2D eigenvalue weighted by molar-refractivity contribution is 7.09. The summed E-state index contributed by atoms with van der Waals surface area (Å²) >= 11 is 1.71. The molecule has 0 bridgehead atoms. The van der Waals surface area contributed by atoms with Crippen LogP contribution in [-0.2, 0) is 11.3 Å². The summed E-state index contributed by atoms with van der Waals surface area (Å²) in [6.45, 7) is 9.09. The van der Waals surface area contributed by atoms with Crippen molar-refractivity contribution in [3.05, 3.63) is 16.1 Å². The van der Waals surface area contributed by atoms with Gasteiger partial charge in [-0.1, -0.05) is 6.92 Å². The molecule has 0 radical (unpaired) electrons. The van der Waals surface area contributed by atoms with Gasteiger partial charge in [-0.3, -0.25) is 14.6 Å². The zero-order valence-electron chi connectivity index (χ0n) is 14.1. The van der Waals surface area contributed by atoms with Crippen LogP contribution < -0.4 is 0 Å². The second-order valence-electron chi connectivity index (χ2n) is 7.16. The summed E-state index contributed by atoms with van der Waals surface area (Å²) in [5, 5.41) is 12.8. The Labute approximate surface area is 142 Å². The van der Waals surface area contributed by atoms with E-state index in [4.69, 9.17) is 0 Å². The van der Waals surface area contributed by atoms with Gasteiger partial charge >= 0.3 is 5.97 Å². The molecule has 2 fully saturated rings. The summed E-state index contributed by atoms with van der Waals surface area (Å²) in [6, 6.07) is -0.275. The van der Waals surface area contributed by atoms with Gasteiger partial charge in [0.1, 0.15) is 6.04 Å². The molecule has 3 heterocycles. The van der Waals surface area contributed by atoms with Crippen LogP contribution in [0.2, 0.25) is 0 Å². The molecule has 6 heteroatoms. The number of rotatable bonds is 5. The number of aliphatic carboxylic acids is 1. The van der Waals surface area contributed by atoms with E-state index >= 15 is 0 Å². The third kappa shape index (κ3) is 3.75. The van der Waals surface area contributed by atoms with Crippen LogP contribution >= 0.6 is 11.3 Å². The number of hydrogen-bond donors (Lipinski definition) is 1. The predicted molar refractivity (Wildman–Crippen MR) is 91.7 cm³/mol. The second-order valence-corrected chi connectivity index (χ2v) is 8.22. The van der Waals surface area contributed by atoms with Crippen molar-refractivity contribution in [3.63, 3.8) is 0 Å². The molecule has 1 unspecified atom stereocenters. The van der Waals surface area contributed by atoms with Crippen molar-refractivity contribution in [2.75, 3.05) is 26.2 Å². The van der Waals surface area contributed by atoms with Crippen molar-refractivity contribution in [1.29, 1.82) is 0 Å². The molecule has 1 N–H and O–H groups in total. The van der Waals surface area contributed by atoms with Crippen molar-refractivity contribution in [1.82, 2.24) is 14.8 Å². The first-order valence-electron chi connectivity index (χ1n) is 8.61. The number of carboxylic acids is 1. The Morgan fingerprint density at radius 2 is 2.22 bits per heavy atom. The van der Waals surface area contributed by atoms with Crippen molar-refractivity contribution in [3.8, 4) is 0 Å². The first kappa shape index (κ1) is 16.9. The summed E-state index contributed by atoms with van der Waals surface area (Å²) in [7, 11) is 0. The third-order valence-corrected chi connectivity index (χ3v) is 6.19. The lowest BCUT2D eigenvalue weighted by Crippen LogP contribution is -2.41. The average Bonchev–Trinajstić information content (AvgIpc) is 3.07. The first-order chi connectivity index (χ1) is 11.0. The first-order valence-corrected chi connectivity index (χ1v) is 9.49. The van der Waals surface area contributed by atoms with E-state index in [0.29, 0.717) is 0 Å². The van der Waals surface area contributed by atoms with E-state index in [1.54, 1.807) is 11.3 Å². The lowest BCUT2D eigenvalue weighted by Gasteiger charge is -2.39. The Balaban J connectivity index is 1.58. The van der Waals surface area contributed by atoms with Crippen LogP contribution in [-0.4, -0.2) is 58.1 Å². The Morgan fingerprint density at radius 1 is 1.48 bits per heavy atom. The molecule has 0 amide bonds. The third-order valence-electron chi connectivity index (χ3n) is 5.37. The van der Waals surface area contributed by atoms with Crippen LogP contribution in [0.15, 0.2) is 5.38 Å². The van der Waals surface area contributed by atoms with E-state index in [2.05, 4.69) is 27.1 Å². The van der Waals surface area contributed by atoms with Crippen molar-refractivity contribution in [2.45, 2.75) is 52.1 Å². The van der Waals surface area contributed by atoms with Crippen LogP contribution in [0, 0.1) is 12.3 Å². The predicted octanol–water partition coefficient (Wildman–Crippen LogP) is 2.60. The van der Waals surface area contributed by atoms with E-state index in [9.17, 15) is 9.90 Å². The number of aryl methyl sites for hydroxylation is 1. The molecule has 2 saturated heterocycles. The summed E-state index contributed by atoms with van der Waals surface area (Å²) < 4.78 is 0. The van der Waals surface area contributed by atoms with Crippen molar-refractivity contribution >= 4 is 17.3 Å². The fourth-order valence-electron chi connectivity index (χ4n) is 4.17. The lowest BCUT2D eigenvalue weighted by atomic mass is 9.76. The molecule has 1 aromatic heterocycles. The number of nitrogens with zero attached hydrogens (tertiary/aromatic N) is 3. The van der Waals surface area contributed by atoms with E-state index in [1.807, 2.05) is 6.92 Å². The number of thiazole rings is 1. The zero-order chi connectivity index (χ0) is 16.4. The number of carbonyl (C=O) groups is 1. The molecule has 0 aliphatic carbocycles. The molecule has 1 spiro atoms. The lowest BCUT2D eigenvalue weighted by molar-refractivity contribution is -0.142. The fourth-order valence-corrected chi connectivity index (χ4v) is 4.77. The summed E-state index contributed by atoms with van der Waals surface area (Å²) in [4.78, 5) is 20.8. The van der Waals surface area contributed by atoms with Crippen molar-refractivity contribution < 1.29 is 9.90 Å². The highest BCUT2D eigenvalue weighted by Gasteiger charge is 2.47. The van der Waals surface area contributed by atoms with Crippen LogP contribution in [0.4, 0.5) is 0 Å². The van der Waals surface area contributed by atoms with Gasteiger partial charge in [0.2, 0.25) is 0 Å². The average molecular weight is 337 g/mol. The standard InChI is InChI=1S/C17H27N3O2S/c1-3-6-20-12-17(9-15(20)16(21)22)4-7-19(8-5-17)10-14-11-23-13(2)18-14/h11,15H,3-10,12H2,1-2H3,(H,21,22). The zero-order valence-corrected chi connectivity index (χ0v) is 14.9.